The van der Waals surface area contributed by atoms with Gasteiger partial charge in [-0.05, 0) is 38.9 Å². The summed E-state index contributed by atoms with van der Waals surface area (Å²) in [4.78, 5) is 26.4. The largest absolute Gasteiger partial charge is 0.426 e. The maximum Gasteiger partial charge on any atom is 0.308 e. The molecule has 1 fully saturated rings. The van der Waals surface area contributed by atoms with Crippen LogP contribution in [-0.2, 0) is 9.59 Å². The van der Waals surface area contributed by atoms with Gasteiger partial charge >= 0.3 is 5.97 Å². The molecular formula is C19H25N3O3. The topological polar surface area (TPSA) is 62.2 Å². The molecule has 0 aromatic heterocycles. The van der Waals surface area contributed by atoms with E-state index in [9.17, 15) is 9.59 Å². The summed E-state index contributed by atoms with van der Waals surface area (Å²) in [6.07, 6.45) is 4.19. The SMILES string of the molecule is CC(=O)Oc1ccccc1C1CC(C)=NN1C(=O)CN1CCCCC1. The summed E-state index contributed by atoms with van der Waals surface area (Å²) in [5.74, 6) is 0.135. The first-order valence-electron chi connectivity index (χ1n) is 8.90. The summed E-state index contributed by atoms with van der Waals surface area (Å²) in [6.45, 7) is 5.64. The Morgan fingerprint density at radius 3 is 2.64 bits per heavy atom. The van der Waals surface area contributed by atoms with Crippen LogP contribution in [-0.4, -0.2) is 47.1 Å². The lowest BCUT2D eigenvalue weighted by Gasteiger charge is -2.29. The summed E-state index contributed by atoms with van der Waals surface area (Å²) < 4.78 is 5.33. The van der Waals surface area contributed by atoms with Crippen LogP contribution in [0.15, 0.2) is 29.4 Å². The molecule has 6 heteroatoms. The molecule has 2 heterocycles. The highest BCUT2D eigenvalue weighted by Gasteiger charge is 2.33. The van der Waals surface area contributed by atoms with E-state index in [2.05, 4.69) is 10.0 Å². The van der Waals surface area contributed by atoms with E-state index in [1.54, 1.807) is 11.1 Å². The van der Waals surface area contributed by atoms with E-state index in [1.807, 2.05) is 25.1 Å². The van der Waals surface area contributed by atoms with Crippen molar-refractivity contribution in [3.8, 4) is 5.75 Å². The average molecular weight is 343 g/mol. The van der Waals surface area contributed by atoms with Gasteiger partial charge in [0.2, 0.25) is 0 Å². The fourth-order valence-electron chi connectivity index (χ4n) is 3.52. The van der Waals surface area contributed by atoms with Gasteiger partial charge in [0.15, 0.2) is 0 Å². The number of hydrazone groups is 1. The van der Waals surface area contributed by atoms with Gasteiger partial charge in [0.25, 0.3) is 5.91 Å². The highest BCUT2D eigenvalue weighted by atomic mass is 16.5. The van der Waals surface area contributed by atoms with Crippen LogP contribution in [0, 0.1) is 0 Å². The van der Waals surface area contributed by atoms with E-state index in [0.29, 0.717) is 18.7 Å². The van der Waals surface area contributed by atoms with Crippen LogP contribution in [0.4, 0.5) is 0 Å². The minimum atomic E-state index is -0.366. The van der Waals surface area contributed by atoms with Crippen LogP contribution < -0.4 is 4.74 Å². The Morgan fingerprint density at radius 2 is 1.92 bits per heavy atom. The Hall–Kier alpha value is -2.21. The molecular weight excluding hydrogens is 318 g/mol. The molecule has 1 aromatic rings. The van der Waals surface area contributed by atoms with Crippen LogP contribution in [0.3, 0.4) is 0 Å². The van der Waals surface area contributed by atoms with Gasteiger partial charge < -0.3 is 4.74 Å². The maximum atomic E-state index is 12.8. The molecule has 6 nitrogen and oxygen atoms in total. The third kappa shape index (κ3) is 4.25. The maximum absolute atomic E-state index is 12.8. The molecule has 0 spiro atoms. The summed E-state index contributed by atoms with van der Waals surface area (Å²) in [6, 6.07) is 7.16. The molecule has 0 radical (unpaired) electrons. The standard InChI is InChI=1S/C19H25N3O3/c1-14-12-17(16-8-4-5-9-18(16)25-15(2)23)22(20-14)19(24)13-21-10-6-3-7-11-21/h4-5,8-9,17H,3,6-7,10-13H2,1-2H3. The molecule has 1 atom stereocenters. The lowest BCUT2D eigenvalue weighted by Crippen LogP contribution is -2.40. The van der Waals surface area contributed by atoms with Gasteiger partial charge in [-0.1, -0.05) is 24.6 Å². The average Bonchev–Trinajstić information content (AvgIpc) is 2.97. The number of carbonyl (C=O) groups excluding carboxylic acids is 2. The number of esters is 1. The summed E-state index contributed by atoms with van der Waals surface area (Å²) in [5, 5.41) is 6.04. The zero-order chi connectivity index (χ0) is 17.8. The van der Waals surface area contributed by atoms with E-state index in [0.717, 1.165) is 37.2 Å². The number of amides is 1. The van der Waals surface area contributed by atoms with Crippen molar-refractivity contribution in [2.24, 2.45) is 5.10 Å². The number of ether oxygens (including phenoxy) is 1. The number of nitrogens with zero attached hydrogens (tertiary/aromatic N) is 3. The van der Waals surface area contributed by atoms with Gasteiger partial charge in [-0.25, -0.2) is 5.01 Å². The molecule has 1 aromatic carbocycles. The number of rotatable bonds is 4. The molecule has 1 unspecified atom stereocenters. The Bertz CT molecular complexity index is 680. The molecule has 0 aliphatic carbocycles. The lowest BCUT2D eigenvalue weighted by molar-refractivity contribution is -0.134. The van der Waals surface area contributed by atoms with E-state index in [4.69, 9.17) is 4.74 Å². The van der Waals surface area contributed by atoms with Crippen LogP contribution >= 0.6 is 0 Å². The first-order valence-corrected chi connectivity index (χ1v) is 8.90. The predicted octanol–water partition coefficient (Wildman–Crippen LogP) is 2.75. The molecule has 1 saturated heterocycles. The minimum absolute atomic E-state index is 0.00128. The third-order valence-electron chi connectivity index (χ3n) is 4.66. The lowest BCUT2D eigenvalue weighted by atomic mass is 10.0. The number of likely N-dealkylation sites (tertiary alicyclic amines) is 1. The first kappa shape index (κ1) is 17.6. The second kappa shape index (κ2) is 7.78. The van der Waals surface area contributed by atoms with Crippen molar-refractivity contribution in [1.82, 2.24) is 9.91 Å². The number of carbonyl (C=O) groups is 2. The minimum Gasteiger partial charge on any atom is -0.426 e. The van der Waals surface area contributed by atoms with Crippen LogP contribution in [0.5, 0.6) is 5.75 Å². The Labute approximate surface area is 148 Å². The van der Waals surface area contributed by atoms with E-state index < -0.39 is 0 Å². The fraction of sp³-hybridized carbons (Fsp3) is 0.526. The van der Waals surface area contributed by atoms with E-state index in [1.165, 1.54) is 13.3 Å². The van der Waals surface area contributed by atoms with Crippen LogP contribution in [0.25, 0.3) is 0 Å². The number of piperidine rings is 1. The van der Waals surface area contributed by atoms with Crippen LogP contribution in [0.1, 0.15) is 51.1 Å². The van der Waals surface area contributed by atoms with Crippen molar-refractivity contribution in [2.45, 2.75) is 45.6 Å². The number of benzene rings is 1. The molecule has 1 amide bonds. The van der Waals surface area contributed by atoms with Crippen molar-refractivity contribution in [2.75, 3.05) is 19.6 Å². The second-order valence-corrected chi connectivity index (χ2v) is 6.76. The molecule has 2 aliphatic heterocycles. The summed E-state index contributed by atoms with van der Waals surface area (Å²) in [7, 11) is 0. The highest BCUT2D eigenvalue weighted by molar-refractivity contribution is 5.89. The normalized spacial score (nSPS) is 21.1. The zero-order valence-corrected chi connectivity index (χ0v) is 14.9. The summed E-state index contributed by atoms with van der Waals surface area (Å²) in [5.41, 5.74) is 1.74. The molecule has 0 N–H and O–H groups in total. The Morgan fingerprint density at radius 1 is 1.20 bits per heavy atom. The van der Waals surface area contributed by atoms with E-state index >= 15 is 0 Å². The van der Waals surface area contributed by atoms with Gasteiger partial charge in [-0.3, -0.25) is 14.5 Å². The fourth-order valence-corrected chi connectivity index (χ4v) is 3.52. The van der Waals surface area contributed by atoms with Gasteiger partial charge in [-0.15, -0.1) is 0 Å². The van der Waals surface area contributed by atoms with Crippen molar-refractivity contribution < 1.29 is 14.3 Å². The summed E-state index contributed by atoms with van der Waals surface area (Å²) >= 11 is 0. The predicted molar refractivity (Wildman–Crippen MR) is 95.4 cm³/mol. The van der Waals surface area contributed by atoms with Gasteiger partial charge in [-0.2, -0.15) is 5.10 Å². The number of hydrogen-bond donors (Lipinski definition) is 0. The van der Waals surface area contributed by atoms with Crippen molar-refractivity contribution in [3.05, 3.63) is 29.8 Å². The highest BCUT2D eigenvalue weighted by Crippen LogP contribution is 2.36. The quantitative estimate of drug-likeness (QED) is 0.623. The van der Waals surface area contributed by atoms with E-state index in [-0.39, 0.29) is 17.9 Å². The van der Waals surface area contributed by atoms with Gasteiger partial charge in [0.05, 0.1) is 12.6 Å². The smallest absolute Gasteiger partial charge is 0.308 e. The number of para-hydroxylation sites is 1. The molecule has 2 aliphatic rings. The third-order valence-corrected chi connectivity index (χ3v) is 4.66. The zero-order valence-electron chi connectivity index (χ0n) is 14.9. The first-order chi connectivity index (χ1) is 12.0. The van der Waals surface area contributed by atoms with Crippen LogP contribution in [0.2, 0.25) is 0 Å². The Balaban J connectivity index is 1.79. The molecule has 3 rings (SSSR count). The van der Waals surface area contributed by atoms with Gasteiger partial charge in [0, 0.05) is 24.6 Å². The van der Waals surface area contributed by atoms with Crippen molar-refractivity contribution in [1.29, 1.82) is 0 Å². The Kier molecular flexibility index (Phi) is 5.48. The molecule has 0 bridgehead atoms. The monoisotopic (exact) mass is 343 g/mol. The molecule has 134 valence electrons. The number of hydrogen-bond acceptors (Lipinski definition) is 5. The second-order valence-electron chi connectivity index (χ2n) is 6.76. The molecule has 25 heavy (non-hydrogen) atoms. The van der Waals surface area contributed by atoms with Crippen molar-refractivity contribution in [3.63, 3.8) is 0 Å². The molecule has 0 saturated carbocycles. The van der Waals surface area contributed by atoms with Crippen molar-refractivity contribution >= 4 is 17.6 Å². The van der Waals surface area contributed by atoms with Gasteiger partial charge in [0.1, 0.15) is 5.75 Å².